The van der Waals surface area contributed by atoms with Crippen molar-refractivity contribution in [2.75, 3.05) is 18.8 Å². The lowest BCUT2D eigenvalue weighted by Crippen LogP contribution is -2.46. The zero-order valence-corrected chi connectivity index (χ0v) is 15.8. The van der Waals surface area contributed by atoms with E-state index in [0.717, 1.165) is 31.5 Å². The highest BCUT2D eigenvalue weighted by Gasteiger charge is 2.38. The highest BCUT2D eigenvalue weighted by atomic mass is 32.2. The smallest absolute Gasteiger partial charge is 0.234 e. The summed E-state index contributed by atoms with van der Waals surface area (Å²) in [4.78, 5) is 16.7. The number of likely N-dealkylation sites (tertiary alicyclic amines) is 1. The van der Waals surface area contributed by atoms with E-state index in [4.69, 9.17) is 0 Å². The minimum atomic E-state index is -0.263. The molecule has 2 aromatic carbocycles. The monoisotopic (exact) mass is 388 g/mol. The molecule has 6 heteroatoms. The molecule has 0 spiro atoms. The molecule has 4 rings (SSSR count). The molecule has 1 amide bonds. The summed E-state index contributed by atoms with van der Waals surface area (Å²) in [7, 11) is 0. The van der Waals surface area contributed by atoms with Crippen LogP contribution in [-0.4, -0.2) is 40.6 Å². The highest BCUT2D eigenvalue weighted by molar-refractivity contribution is 8.00. The van der Waals surface area contributed by atoms with Gasteiger partial charge in [-0.05, 0) is 36.6 Å². The Bertz CT molecular complexity index is 806. The van der Waals surface area contributed by atoms with Crippen molar-refractivity contribution in [3.05, 3.63) is 71.3 Å². The molecule has 0 saturated carbocycles. The van der Waals surface area contributed by atoms with Crippen molar-refractivity contribution in [2.24, 2.45) is 0 Å². The van der Waals surface area contributed by atoms with E-state index in [-0.39, 0.29) is 29.0 Å². The number of carbonyl (C=O) groups is 1. The molecule has 3 nitrogen and oxygen atoms in total. The van der Waals surface area contributed by atoms with Crippen LogP contribution < -0.4 is 0 Å². The quantitative estimate of drug-likeness (QED) is 0.784. The Morgan fingerprint density at radius 2 is 1.70 bits per heavy atom. The molecule has 0 aromatic heterocycles. The van der Waals surface area contributed by atoms with E-state index in [2.05, 4.69) is 4.90 Å². The zero-order chi connectivity index (χ0) is 18.8. The molecule has 2 fully saturated rings. The van der Waals surface area contributed by atoms with E-state index in [1.54, 1.807) is 30.0 Å². The minimum absolute atomic E-state index is 0.0405. The molecule has 0 N–H and O–H groups in total. The lowest BCUT2D eigenvalue weighted by atomic mass is 10.0. The Labute approximate surface area is 162 Å². The number of rotatable bonds is 4. The fourth-order valence-electron chi connectivity index (χ4n) is 3.94. The number of hydrogen-bond donors (Lipinski definition) is 0. The Morgan fingerprint density at radius 3 is 2.41 bits per heavy atom. The predicted molar refractivity (Wildman–Crippen MR) is 103 cm³/mol. The van der Waals surface area contributed by atoms with Crippen LogP contribution in [0.15, 0.2) is 48.5 Å². The fraction of sp³-hybridized carbons (Fsp3) is 0.381. The Morgan fingerprint density at radius 1 is 1.00 bits per heavy atom. The largest absolute Gasteiger partial charge is 0.323 e. The van der Waals surface area contributed by atoms with Crippen LogP contribution in [0.2, 0.25) is 0 Å². The van der Waals surface area contributed by atoms with Crippen LogP contribution in [0.5, 0.6) is 0 Å². The molecule has 0 aliphatic carbocycles. The SMILES string of the molecule is O=C1CSC(c2ccc(F)cc2)N1C1CCN(Cc2ccccc2F)CC1. The molecular weight excluding hydrogens is 366 g/mol. The molecule has 2 heterocycles. The van der Waals surface area contributed by atoms with E-state index in [1.165, 1.54) is 18.2 Å². The molecule has 142 valence electrons. The van der Waals surface area contributed by atoms with E-state index in [0.29, 0.717) is 17.9 Å². The first kappa shape index (κ1) is 18.4. The van der Waals surface area contributed by atoms with Gasteiger partial charge in [0.25, 0.3) is 0 Å². The standard InChI is InChI=1S/C21H22F2N2OS/c22-17-7-5-15(6-8-17)21-25(20(26)14-27-21)18-9-11-24(12-10-18)13-16-3-1-2-4-19(16)23/h1-8,18,21H,9-14H2. The van der Waals surface area contributed by atoms with Gasteiger partial charge in [-0.2, -0.15) is 0 Å². The molecule has 1 atom stereocenters. The maximum Gasteiger partial charge on any atom is 0.234 e. The van der Waals surface area contributed by atoms with Crippen molar-refractivity contribution in [2.45, 2.75) is 30.8 Å². The average Bonchev–Trinajstić information content (AvgIpc) is 3.06. The third-order valence-corrected chi connectivity index (χ3v) is 6.59. The predicted octanol–water partition coefficient (Wildman–Crippen LogP) is 4.20. The normalized spacial score (nSPS) is 21.8. The summed E-state index contributed by atoms with van der Waals surface area (Å²) in [5.41, 5.74) is 1.69. The van der Waals surface area contributed by atoms with Gasteiger partial charge in [-0.1, -0.05) is 30.3 Å². The van der Waals surface area contributed by atoms with Crippen molar-refractivity contribution in [1.29, 1.82) is 0 Å². The zero-order valence-electron chi connectivity index (χ0n) is 15.0. The molecule has 2 saturated heterocycles. The number of hydrogen-bond acceptors (Lipinski definition) is 3. The molecular formula is C21H22F2N2OS. The number of thioether (sulfide) groups is 1. The summed E-state index contributed by atoms with van der Waals surface area (Å²) in [5, 5.41) is -0.0405. The van der Waals surface area contributed by atoms with Gasteiger partial charge in [0.15, 0.2) is 0 Å². The molecule has 2 aliphatic rings. The number of halogens is 2. The fourth-order valence-corrected chi connectivity index (χ4v) is 5.19. The van der Waals surface area contributed by atoms with Crippen molar-refractivity contribution < 1.29 is 13.6 Å². The third kappa shape index (κ3) is 4.01. The van der Waals surface area contributed by atoms with Gasteiger partial charge in [0.1, 0.15) is 17.0 Å². The first-order chi connectivity index (χ1) is 13.1. The second-order valence-corrected chi connectivity index (χ2v) is 8.18. The first-order valence-corrected chi connectivity index (χ1v) is 10.3. The number of piperidine rings is 1. The second-order valence-electron chi connectivity index (χ2n) is 7.11. The second kappa shape index (κ2) is 7.98. The van der Waals surface area contributed by atoms with Crippen molar-refractivity contribution in [3.8, 4) is 0 Å². The van der Waals surface area contributed by atoms with Gasteiger partial charge in [-0.3, -0.25) is 9.69 Å². The van der Waals surface area contributed by atoms with Crippen LogP contribution in [0.25, 0.3) is 0 Å². The number of nitrogens with zero attached hydrogens (tertiary/aromatic N) is 2. The lowest BCUT2D eigenvalue weighted by molar-refractivity contribution is -0.131. The lowest BCUT2D eigenvalue weighted by Gasteiger charge is -2.39. The maximum atomic E-state index is 13.9. The summed E-state index contributed by atoms with van der Waals surface area (Å²) >= 11 is 1.61. The highest BCUT2D eigenvalue weighted by Crippen LogP contribution is 2.41. The summed E-state index contributed by atoms with van der Waals surface area (Å²) in [6, 6.07) is 13.5. The molecule has 1 unspecified atom stereocenters. The van der Waals surface area contributed by atoms with Crippen LogP contribution in [0.1, 0.15) is 29.3 Å². The van der Waals surface area contributed by atoms with E-state index in [9.17, 15) is 13.6 Å². The minimum Gasteiger partial charge on any atom is -0.323 e. The molecule has 0 bridgehead atoms. The third-order valence-electron chi connectivity index (χ3n) is 5.36. The van der Waals surface area contributed by atoms with Gasteiger partial charge in [0.2, 0.25) is 5.91 Å². The van der Waals surface area contributed by atoms with E-state index >= 15 is 0 Å². The van der Waals surface area contributed by atoms with Crippen LogP contribution in [0.3, 0.4) is 0 Å². The van der Waals surface area contributed by atoms with Crippen LogP contribution in [0.4, 0.5) is 8.78 Å². The van der Waals surface area contributed by atoms with Gasteiger partial charge in [0, 0.05) is 31.2 Å². The molecule has 0 radical (unpaired) electrons. The van der Waals surface area contributed by atoms with E-state index in [1.807, 2.05) is 17.0 Å². The van der Waals surface area contributed by atoms with Crippen molar-refractivity contribution in [3.63, 3.8) is 0 Å². The average molecular weight is 388 g/mol. The molecule has 2 aromatic rings. The van der Waals surface area contributed by atoms with Gasteiger partial charge in [-0.25, -0.2) is 8.78 Å². The number of amides is 1. The van der Waals surface area contributed by atoms with Gasteiger partial charge >= 0.3 is 0 Å². The number of carbonyl (C=O) groups excluding carboxylic acids is 1. The molecule has 27 heavy (non-hydrogen) atoms. The maximum absolute atomic E-state index is 13.9. The Balaban J connectivity index is 1.41. The van der Waals surface area contributed by atoms with Gasteiger partial charge in [0.05, 0.1) is 5.75 Å². The number of benzene rings is 2. The summed E-state index contributed by atoms with van der Waals surface area (Å²) in [5.74, 6) is 0.197. The summed E-state index contributed by atoms with van der Waals surface area (Å²) < 4.78 is 27.1. The van der Waals surface area contributed by atoms with E-state index < -0.39 is 0 Å². The Hall–Kier alpha value is -1.92. The van der Waals surface area contributed by atoms with Crippen LogP contribution >= 0.6 is 11.8 Å². The molecule has 2 aliphatic heterocycles. The van der Waals surface area contributed by atoms with Crippen molar-refractivity contribution >= 4 is 17.7 Å². The summed E-state index contributed by atoms with van der Waals surface area (Å²) in [6.45, 7) is 2.27. The van der Waals surface area contributed by atoms with Gasteiger partial charge < -0.3 is 4.90 Å². The Kier molecular flexibility index (Phi) is 5.45. The first-order valence-electron chi connectivity index (χ1n) is 9.26. The van der Waals surface area contributed by atoms with Gasteiger partial charge in [-0.15, -0.1) is 11.8 Å². The van der Waals surface area contributed by atoms with Crippen LogP contribution in [-0.2, 0) is 11.3 Å². The van der Waals surface area contributed by atoms with Crippen LogP contribution in [0, 0.1) is 11.6 Å². The summed E-state index contributed by atoms with van der Waals surface area (Å²) in [6.07, 6.45) is 1.75. The topological polar surface area (TPSA) is 23.6 Å². The van der Waals surface area contributed by atoms with Crippen molar-refractivity contribution in [1.82, 2.24) is 9.80 Å².